The fourth-order valence-corrected chi connectivity index (χ4v) is 2.63. The van der Waals surface area contributed by atoms with E-state index in [1.165, 1.54) is 5.56 Å². The molecule has 2 atom stereocenters. The number of H-pyrrole nitrogens is 1. The summed E-state index contributed by atoms with van der Waals surface area (Å²) in [5, 5.41) is 6.28. The lowest BCUT2D eigenvalue weighted by Crippen LogP contribution is -2.48. The average Bonchev–Trinajstić information content (AvgIpc) is 3.00. The number of nitrogens with zero attached hydrogens (tertiary/aromatic N) is 1. The van der Waals surface area contributed by atoms with Crippen LogP contribution in [0.25, 0.3) is 0 Å². The van der Waals surface area contributed by atoms with E-state index in [9.17, 15) is 4.79 Å². The van der Waals surface area contributed by atoms with Crippen molar-refractivity contribution in [1.82, 2.24) is 20.6 Å². The molecule has 21 heavy (non-hydrogen) atoms. The van der Waals surface area contributed by atoms with Crippen LogP contribution in [0.5, 0.6) is 0 Å². The molecule has 2 heterocycles. The number of fused-ring (bicyclic) bond motifs is 1. The SMILES string of the molecule is CC(CNC(=O)C1Cc2nc[nH]c2CN1)c1ccccc1. The molecule has 5 heteroatoms. The number of benzene rings is 1. The molecule has 0 saturated heterocycles. The van der Waals surface area contributed by atoms with Crippen molar-refractivity contribution in [3.63, 3.8) is 0 Å². The van der Waals surface area contributed by atoms with Crippen LogP contribution < -0.4 is 10.6 Å². The largest absolute Gasteiger partial charge is 0.354 e. The van der Waals surface area contributed by atoms with Crippen molar-refractivity contribution in [2.45, 2.75) is 31.8 Å². The van der Waals surface area contributed by atoms with Crippen LogP contribution >= 0.6 is 0 Å². The van der Waals surface area contributed by atoms with Gasteiger partial charge in [-0.1, -0.05) is 37.3 Å². The molecular weight excluding hydrogens is 264 g/mol. The molecule has 5 nitrogen and oxygen atoms in total. The number of carbonyl (C=O) groups is 1. The molecule has 0 fully saturated rings. The maximum Gasteiger partial charge on any atom is 0.237 e. The maximum atomic E-state index is 12.3. The summed E-state index contributed by atoms with van der Waals surface area (Å²) in [4.78, 5) is 19.6. The Balaban J connectivity index is 1.53. The Labute approximate surface area is 124 Å². The van der Waals surface area contributed by atoms with Gasteiger partial charge in [-0.15, -0.1) is 0 Å². The molecule has 3 N–H and O–H groups in total. The van der Waals surface area contributed by atoms with Gasteiger partial charge in [0.2, 0.25) is 5.91 Å². The van der Waals surface area contributed by atoms with Gasteiger partial charge in [0.05, 0.1) is 23.8 Å². The number of aromatic nitrogens is 2. The minimum Gasteiger partial charge on any atom is -0.354 e. The van der Waals surface area contributed by atoms with E-state index in [-0.39, 0.29) is 11.9 Å². The second-order valence-corrected chi connectivity index (χ2v) is 5.52. The lowest BCUT2D eigenvalue weighted by Gasteiger charge is -2.23. The highest BCUT2D eigenvalue weighted by atomic mass is 16.2. The minimum atomic E-state index is -0.191. The van der Waals surface area contributed by atoms with Crippen LogP contribution in [0, 0.1) is 0 Å². The predicted octanol–water partition coefficient (Wildman–Crippen LogP) is 1.34. The second-order valence-electron chi connectivity index (χ2n) is 5.52. The van der Waals surface area contributed by atoms with Crippen molar-refractivity contribution < 1.29 is 4.79 Å². The molecule has 1 amide bonds. The Kier molecular flexibility index (Phi) is 4.01. The molecule has 1 aliphatic rings. The van der Waals surface area contributed by atoms with E-state index in [0.29, 0.717) is 25.4 Å². The van der Waals surface area contributed by atoms with Crippen molar-refractivity contribution in [2.24, 2.45) is 0 Å². The first-order valence-corrected chi connectivity index (χ1v) is 7.31. The van der Waals surface area contributed by atoms with Crippen LogP contribution in [-0.2, 0) is 17.8 Å². The van der Waals surface area contributed by atoms with Crippen molar-refractivity contribution >= 4 is 5.91 Å². The van der Waals surface area contributed by atoms with Gasteiger partial charge >= 0.3 is 0 Å². The second kappa shape index (κ2) is 6.10. The van der Waals surface area contributed by atoms with Crippen molar-refractivity contribution in [3.05, 3.63) is 53.6 Å². The zero-order chi connectivity index (χ0) is 14.7. The van der Waals surface area contributed by atoms with E-state index < -0.39 is 0 Å². The first-order valence-electron chi connectivity index (χ1n) is 7.31. The number of aromatic amines is 1. The monoisotopic (exact) mass is 284 g/mol. The molecule has 2 unspecified atom stereocenters. The average molecular weight is 284 g/mol. The van der Waals surface area contributed by atoms with Crippen LogP contribution in [0.1, 0.15) is 29.8 Å². The van der Waals surface area contributed by atoms with Gasteiger partial charge in [0.25, 0.3) is 0 Å². The molecule has 1 aromatic carbocycles. The lowest BCUT2D eigenvalue weighted by atomic mass is 10.0. The normalized spacial score (nSPS) is 18.8. The van der Waals surface area contributed by atoms with Crippen LogP contribution in [0.2, 0.25) is 0 Å². The van der Waals surface area contributed by atoms with Crippen LogP contribution in [0.4, 0.5) is 0 Å². The molecule has 3 rings (SSSR count). The highest BCUT2D eigenvalue weighted by Crippen LogP contribution is 2.14. The third-order valence-corrected chi connectivity index (χ3v) is 4.00. The number of imidazole rings is 1. The minimum absolute atomic E-state index is 0.0476. The molecule has 0 bridgehead atoms. The van der Waals surface area contributed by atoms with Gasteiger partial charge in [-0.2, -0.15) is 0 Å². The number of hydrogen-bond donors (Lipinski definition) is 3. The summed E-state index contributed by atoms with van der Waals surface area (Å²) in [7, 11) is 0. The summed E-state index contributed by atoms with van der Waals surface area (Å²) in [6.45, 7) is 3.44. The van der Waals surface area contributed by atoms with Crippen LogP contribution in [0.15, 0.2) is 36.7 Å². The van der Waals surface area contributed by atoms with Crippen molar-refractivity contribution in [2.75, 3.05) is 6.54 Å². The topological polar surface area (TPSA) is 69.8 Å². The van der Waals surface area contributed by atoms with Gasteiger partial charge in [0.1, 0.15) is 0 Å². The summed E-state index contributed by atoms with van der Waals surface area (Å²) in [5.41, 5.74) is 3.31. The zero-order valence-corrected chi connectivity index (χ0v) is 12.1. The predicted molar refractivity (Wildman–Crippen MR) is 80.8 cm³/mol. The third-order valence-electron chi connectivity index (χ3n) is 4.00. The number of rotatable bonds is 4. The van der Waals surface area contributed by atoms with E-state index in [2.05, 4.69) is 39.7 Å². The standard InChI is InChI=1S/C16H20N4O/c1-11(12-5-3-2-4-6-12)8-18-16(21)14-7-13-15(9-17-14)20-10-19-13/h2-6,10-11,14,17H,7-9H2,1H3,(H,18,21)(H,19,20). The highest BCUT2D eigenvalue weighted by molar-refractivity contribution is 5.82. The summed E-state index contributed by atoms with van der Waals surface area (Å²) in [6.07, 6.45) is 2.33. The summed E-state index contributed by atoms with van der Waals surface area (Å²) in [6, 6.07) is 10.0. The first-order chi connectivity index (χ1) is 10.2. The van der Waals surface area contributed by atoms with Gasteiger partial charge in [0.15, 0.2) is 0 Å². The van der Waals surface area contributed by atoms with Crippen LogP contribution in [0.3, 0.4) is 0 Å². The summed E-state index contributed by atoms with van der Waals surface area (Å²) >= 11 is 0. The van der Waals surface area contributed by atoms with E-state index in [0.717, 1.165) is 11.4 Å². The lowest BCUT2D eigenvalue weighted by molar-refractivity contribution is -0.123. The summed E-state index contributed by atoms with van der Waals surface area (Å²) in [5.74, 6) is 0.353. The van der Waals surface area contributed by atoms with E-state index in [1.807, 2.05) is 18.2 Å². The highest BCUT2D eigenvalue weighted by Gasteiger charge is 2.25. The quantitative estimate of drug-likeness (QED) is 0.793. The molecule has 110 valence electrons. The van der Waals surface area contributed by atoms with Crippen molar-refractivity contribution in [1.29, 1.82) is 0 Å². The Morgan fingerprint density at radius 2 is 2.24 bits per heavy atom. The Hall–Kier alpha value is -2.14. The molecule has 1 aliphatic heterocycles. The van der Waals surface area contributed by atoms with E-state index >= 15 is 0 Å². The van der Waals surface area contributed by atoms with Gasteiger partial charge in [-0.3, -0.25) is 10.1 Å². The Morgan fingerprint density at radius 3 is 3.05 bits per heavy atom. The maximum absolute atomic E-state index is 12.3. The fraction of sp³-hybridized carbons (Fsp3) is 0.375. The molecule has 2 aromatic rings. The number of hydrogen-bond acceptors (Lipinski definition) is 3. The smallest absolute Gasteiger partial charge is 0.237 e. The fourth-order valence-electron chi connectivity index (χ4n) is 2.63. The first kappa shape index (κ1) is 13.8. The molecule has 0 aliphatic carbocycles. The molecule has 0 spiro atoms. The Morgan fingerprint density at radius 1 is 1.43 bits per heavy atom. The van der Waals surface area contributed by atoms with E-state index in [4.69, 9.17) is 0 Å². The molecule has 1 aromatic heterocycles. The number of carbonyl (C=O) groups excluding carboxylic acids is 1. The molecule has 0 saturated carbocycles. The van der Waals surface area contributed by atoms with Gasteiger partial charge in [-0.05, 0) is 11.5 Å². The third kappa shape index (κ3) is 3.13. The zero-order valence-electron chi connectivity index (χ0n) is 12.1. The molecule has 0 radical (unpaired) electrons. The number of amides is 1. The summed E-state index contributed by atoms with van der Waals surface area (Å²) < 4.78 is 0. The van der Waals surface area contributed by atoms with Crippen molar-refractivity contribution in [3.8, 4) is 0 Å². The van der Waals surface area contributed by atoms with E-state index in [1.54, 1.807) is 6.33 Å². The van der Waals surface area contributed by atoms with Gasteiger partial charge < -0.3 is 10.3 Å². The number of nitrogens with one attached hydrogen (secondary N) is 3. The van der Waals surface area contributed by atoms with Gasteiger partial charge in [0, 0.05) is 19.5 Å². The molecular formula is C16H20N4O. The van der Waals surface area contributed by atoms with Gasteiger partial charge in [-0.25, -0.2) is 4.98 Å². The van der Waals surface area contributed by atoms with Crippen LogP contribution in [-0.4, -0.2) is 28.5 Å². The Bertz CT molecular complexity index is 608.